The van der Waals surface area contributed by atoms with E-state index >= 15 is 0 Å². The molecule has 2 fully saturated rings. The summed E-state index contributed by atoms with van der Waals surface area (Å²) in [6, 6.07) is 27.0. The van der Waals surface area contributed by atoms with E-state index in [0.29, 0.717) is 16.9 Å². The van der Waals surface area contributed by atoms with Crippen molar-refractivity contribution in [3.63, 3.8) is 0 Å². The third-order valence-electron chi connectivity index (χ3n) is 8.68. The molecule has 1 aromatic heterocycles. The summed E-state index contributed by atoms with van der Waals surface area (Å²) >= 11 is 0. The first-order valence-corrected chi connectivity index (χ1v) is 15.0. The van der Waals surface area contributed by atoms with E-state index in [1.807, 2.05) is 85.8 Å². The van der Waals surface area contributed by atoms with Crippen LogP contribution in [0.5, 0.6) is 0 Å². The molecule has 2 aliphatic rings. The minimum atomic E-state index is -0.731. The summed E-state index contributed by atoms with van der Waals surface area (Å²) < 4.78 is 0. The van der Waals surface area contributed by atoms with Gasteiger partial charge in [0, 0.05) is 24.5 Å². The van der Waals surface area contributed by atoms with Gasteiger partial charge in [0.05, 0.1) is 34.9 Å². The second kappa shape index (κ2) is 12.3. The van der Waals surface area contributed by atoms with Crippen LogP contribution < -0.4 is 5.32 Å². The number of amides is 1. The van der Waals surface area contributed by atoms with Gasteiger partial charge in [0.1, 0.15) is 5.82 Å². The van der Waals surface area contributed by atoms with Crippen molar-refractivity contribution in [3.8, 4) is 17.2 Å². The van der Waals surface area contributed by atoms with Crippen molar-refractivity contribution in [2.24, 2.45) is 0 Å². The van der Waals surface area contributed by atoms with Crippen LogP contribution in [0.3, 0.4) is 0 Å². The minimum absolute atomic E-state index is 0.0281. The fourth-order valence-electron chi connectivity index (χ4n) is 6.36. The lowest BCUT2D eigenvalue weighted by Crippen LogP contribution is -2.42. The summed E-state index contributed by atoms with van der Waals surface area (Å²) in [6.45, 7) is 5.82. The van der Waals surface area contributed by atoms with E-state index in [2.05, 4.69) is 21.2 Å². The van der Waals surface area contributed by atoms with E-state index in [1.54, 1.807) is 0 Å². The van der Waals surface area contributed by atoms with Gasteiger partial charge >= 0.3 is 0 Å². The molecule has 0 unspecified atom stereocenters. The predicted octanol–water partition coefficient (Wildman–Crippen LogP) is 6.01. The van der Waals surface area contributed by atoms with Crippen LogP contribution in [0.25, 0.3) is 22.0 Å². The lowest BCUT2D eigenvalue weighted by molar-refractivity contribution is 0.0710. The van der Waals surface area contributed by atoms with E-state index in [4.69, 9.17) is 4.98 Å². The van der Waals surface area contributed by atoms with Crippen molar-refractivity contribution >= 4 is 22.6 Å². The van der Waals surface area contributed by atoms with Crippen molar-refractivity contribution in [3.05, 3.63) is 95.6 Å². The number of nitriles is 1. The number of carbonyl (C=O) groups excluding carboxylic acids is 1. The van der Waals surface area contributed by atoms with Gasteiger partial charge in [-0.25, -0.2) is 4.98 Å². The molecular weight excluding hydrogens is 522 g/mol. The number of aromatic nitrogens is 1. The number of hydrogen-bond acceptors (Lipinski definition) is 6. The number of fused-ring (bicyclic) bond motifs is 1. The Morgan fingerprint density at radius 3 is 2.48 bits per heavy atom. The van der Waals surface area contributed by atoms with Crippen molar-refractivity contribution in [2.45, 2.75) is 50.8 Å². The molecule has 2 N–H and O–H groups in total. The standard InChI is InChI=1S/C35H37N5O2/c1-24(34(41)27-8-3-2-4-9-27)37-33-21-31(35(42)40-19-7-10-29(40)23-39-17-5-6-18-39)30-20-28(15-16-32(30)38-33)26-13-11-25(22-36)12-14-26/h2-4,8-9,11-16,20-21,24,29,34,41H,5-7,10,17-19,23H2,1H3,(H,37,38)/t24-,29-,34-/m0/s1. The van der Waals surface area contributed by atoms with E-state index in [-0.39, 0.29) is 18.0 Å². The van der Waals surface area contributed by atoms with Crippen LogP contribution in [0, 0.1) is 11.3 Å². The van der Waals surface area contributed by atoms with Gasteiger partial charge in [0.15, 0.2) is 0 Å². The molecule has 214 valence electrons. The zero-order chi connectivity index (χ0) is 29.1. The molecule has 7 nitrogen and oxygen atoms in total. The summed E-state index contributed by atoms with van der Waals surface area (Å²) in [7, 11) is 0. The van der Waals surface area contributed by atoms with Crippen LogP contribution in [0.1, 0.15) is 60.2 Å². The smallest absolute Gasteiger partial charge is 0.254 e. The van der Waals surface area contributed by atoms with Gasteiger partial charge in [0.25, 0.3) is 5.91 Å². The minimum Gasteiger partial charge on any atom is -0.386 e. The summed E-state index contributed by atoms with van der Waals surface area (Å²) in [5.41, 5.74) is 4.71. The molecule has 3 aromatic carbocycles. The monoisotopic (exact) mass is 559 g/mol. The molecule has 0 spiro atoms. The van der Waals surface area contributed by atoms with Crippen LogP contribution in [-0.4, -0.2) is 64.1 Å². The number of pyridine rings is 1. The van der Waals surface area contributed by atoms with Crippen molar-refractivity contribution in [1.82, 2.24) is 14.8 Å². The number of anilines is 1. The number of nitrogens with one attached hydrogen (secondary N) is 1. The summed E-state index contributed by atoms with van der Waals surface area (Å²) in [6.07, 6.45) is 3.76. The highest BCUT2D eigenvalue weighted by Gasteiger charge is 2.32. The molecule has 0 aliphatic carbocycles. The highest BCUT2D eigenvalue weighted by Crippen LogP contribution is 2.31. The van der Waals surface area contributed by atoms with Gasteiger partial charge in [-0.15, -0.1) is 0 Å². The number of likely N-dealkylation sites (tertiary alicyclic amines) is 2. The molecule has 0 bridgehead atoms. The number of aliphatic hydroxyl groups is 1. The SMILES string of the molecule is C[C@H](Nc1cc(C(=O)N2CCC[C@H]2CN2CCCC2)c2cc(-c3ccc(C#N)cc3)ccc2n1)[C@H](O)c1ccccc1. The fourth-order valence-corrected chi connectivity index (χ4v) is 6.36. The van der Waals surface area contributed by atoms with E-state index in [9.17, 15) is 15.2 Å². The highest BCUT2D eigenvalue weighted by atomic mass is 16.3. The Kier molecular flexibility index (Phi) is 8.18. The molecule has 4 aromatic rings. The molecule has 42 heavy (non-hydrogen) atoms. The molecule has 2 saturated heterocycles. The maximum Gasteiger partial charge on any atom is 0.254 e. The van der Waals surface area contributed by atoms with Gasteiger partial charge in [-0.1, -0.05) is 48.5 Å². The van der Waals surface area contributed by atoms with Gasteiger partial charge in [-0.2, -0.15) is 5.26 Å². The van der Waals surface area contributed by atoms with Gasteiger partial charge in [-0.3, -0.25) is 4.79 Å². The quantitative estimate of drug-likeness (QED) is 0.275. The summed E-state index contributed by atoms with van der Waals surface area (Å²) in [5.74, 6) is 0.593. The zero-order valence-electron chi connectivity index (χ0n) is 24.0. The van der Waals surface area contributed by atoms with Crippen LogP contribution in [0.2, 0.25) is 0 Å². The third kappa shape index (κ3) is 5.87. The normalized spacial score (nSPS) is 18.6. The van der Waals surface area contributed by atoms with E-state index in [0.717, 1.165) is 66.6 Å². The first-order chi connectivity index (χ1) is 20.5. The Morgan fingerprint density at radius 2 is 1.74 bits per heavy atom. The Morgan fingerprint density at radius 1 is 1.00 bits per heavy atom. The summed E-state index contributed by atoms with van der Waals surface area (Å²) in [4.78, 5) is 23.8. The molecule has 2 aliphatic heterocycles. The number of benzene rings is 3. The molecule has 0 radical (unpaired) electrons. The summed E-state index contributed by atoms with van der Waals surface area (Å²) in [5, 5.41) is 24.4. The van der Waals surface area contributed by atoms with Gasteiger partial charge < -0.3 is 20.2 Å². The number of aliphatic hydroxyl groups excluding tert-OH is 1. The van der Waals surface area contributed by atoms with Crippen LogP contribution >= 0.6 is 0 Å². The molecule has 7 heteroatoms. The van der Waals surface area contributed by atoms with Crippen molar-refractivity contribution in [1.29, 1.82) is 5.26 Å². The lowest BCUT2D eigenvalue weighted by Gasteiger charge is -2.29. The Labute approximate surface area is 247 Å². The lowest BCUT2D eigenvalue weighted by atomic mass is 9.99. The number of carbonyl (C=O) groups is 1. The molecule has 0 saturated carbocycles. The van der Waals surface area contributed by atoms with Crippen LogP contribution in [-0.2, 0) is 0 Å². The molecule has 3 heterocycles. The Balaban J connectivity index is 1.36. The van der Waals surface area contributed by atoms with Crippen molar-refractivity contribution in [2.75, 3.05) is 31.5 Å². The highest BCUT2D eigenvalue weighted by molar-refractivity contribution is 6.08. The maximum absolute atomic E-state index is 14.3. The molecule has 1 amide bonds. The van der Waals surface area contributed by atoms with Gasteiger partial charge in [0.2, 0.25) is 0 Å². The average molecular weight is 560 g/mol. The van der Waals surface area contributed by atoms with Crippen LogP contribution in [0.4, 0.5) is 5.82 Å². The number of nitrogens with zero attached hydrogens (tertiary/aromatic N) is 4. The first kappa shape index (κ1) is 27.9. The Hall–Kier alpha value is -4.25. The second-order valence-electron chi connectivity index (χ2n) is 11.6. The second-order valence-corrected chi connectivity index (χ2v) is 11.6. The zero-order valence-corrected chi connectivity index (χ0v) is 24.0. The van der Waals surface area contributed by atoms with Crippen LogP contribution in [0.15, 0.2) is 78.9 Å². The number of rotatable bonds is 8. The molecule has 3 atom stereocenters. The first-order valence-electron chi connectivity index (χ1n) is 15.0. The van der Waals surface area contributed by atoms with E-state index < -0.39 is 6.10 Å². The molecule has 6 rings (SSSR count). The number of hydrogen-bond donors (Lipinski definition) is 2. The maximum atomic E-state index is 14.3. The largest absolute Gasteiger partial charge is 0.386 e. The third-order valence-corrected chi connectivity index (χ3v) is 8.68. The topological polar surface area (TPSA) is 92.5 Å². The van der Waals surface area contributed by atoms with Crippen molar-refractivity contribution < 1.29 is 9.90 Å². The van der Waals surface area contributed by atoms with Gasteiger partial charge in [-0.05, 0) is 92.7 Å². The predicted molar refractivity (Wildman–Crippen MR) is 166 cm³/mol. The Bertz CT molecular complexity index is 1590. The fraction of sp³-hybridized carbons (Fsp3) is 0.343. The average Bonchev–Trinajstić information content (AvgIpc) is 3.73. The van der Waals surface area contributed by atoms with E-state index in [1.165, 1.54) is 12.8 Å². The molecular formula is C35H37N5O2.